The lowest BCUT2D eigenvalue weighted by molar-refractivity contribution is 0.838. The van der Waals surface area contributed by atoms with Crippen LogP contribution < -0.4 is 0 Å². The Balaban J connectivity index is 2.28. The van der Waals surface area contributed by atoms with Crippen LogP contribution in [-0.4, -0.2) is 13.1 Å². The lowest BCUT2D eigenvalue weighted by Crippen LogP contribution is -2.43. The number of pyridine rings is 1. The van der Waals surface area contributed by atoms with Crippen molar-refractivity contribution in [2.45, 2.75) is 68.8 Å². The standard InChI is InChI=1S/C26H31Br2NSi/c1-19(2)30(20(3)4,21(5)6)14-13-23-9-7-22(8-10-23)11-12-24-15-25(17-27)29-26(16-24)18-28/h7-10,15-16,19-21H,17-18H2,1-6H3. The molecule has 158 valence electrons. The molecule has 0 spiro atoms. The highest BCUT2D eigenvalue weighted by atomic mass is 79.9. The summed E-state index contributed by atoms with van der Waals surface area (Å²) in [6.07, 6.45) is 0. The van der Waals surface area contributed by atoms with Gasteiger partial charge in [0.1, 0.15) is 8.07 Å². The predicted octanol–water partition coefficient (Wildman–Crippen LogP) is 7.84. The molecule has 0 saturated heterocycles. The second kappa shape index (κ2) is 11.3. The van der Waals surface area contributed by atoms with Crippen LogP contribution >= 0.6 is 31.9 Å². The molecule has 0 radical (unpaired) electrons. The molecule has 0 unspecified atom stereocenters. The molecule has 0 aliphatic carbocycles. The molecule has 0 N–H and O–H groups in total. The number of hydrogen-bond donors (Lipinski definition) is 0. The van der Waals surface area contributed by atoms with Gasteiger partial charge in [-0.2, -0.15) is 0 Å². The van der Waals surface area contributed by atoms with Crippen molar-refractivity contribution in [3.8, 4) is 23.3 Å². The van der Waals surface area contributed by atoms with E-state index >= 15 is 0 Å². The minimum absolute atomic E-state index is 0.643. The van der Waals surface area contributed by atoms with Crippen molar-refractivity contribution in [3.63, 3.8) is 0 Å². The highest BCUT2D eigenvalue weighted by Gasteiger charge is 2.41. The molecule has 0 aliphatic rings. The Kier molecular flexibility index (Phi) is 9.42. The average Bonchev–Trinajstić information content (AvgIpc) is 2.72. The number of halogens is 2. The summed E-state index contributed by atoms with van der Waals surface area (Å²) in [6.45, 7) is 14.1. The van der Waals surface area contributed by atoms with E-state index < -0.39 is 8.07 Å². The van der Waals surface area contributed by atoms with Crippen LogP contribution in [0.1, 0.15) is 69.6 Å². The number of alkyl halides is 2. The van der Waals surface area contributed by atoms with E-state index in [1.807, 2.05) is 12.1 Å². The van der Waals surface area contributed by atoms with Gasteiger partial charge < -0.3 is 0 Å². The van der Waals surface area contributed by atoms with E-state index in [0.29, 0.717) is 16.6 Å². The smallest absolute Gasteiger partial charge is 0.146 e. The van der Waals surface area contributed by atoms with Gasteiger partial charge in [-0.3, -0.25) is 4.98 Å². The minimum Gasteiger partial charge on any atom is -0.256 e. The third kappa shape index (κ3) is 6.10. The van der Waals surface area contributed by atoms with Gasteiger partial charge in [-0.15, -0.1) is 5.54 Å². The summed E-state index contributed by atoms with van der Waals surface area (Å²) in [4.78, 5) is 4.54. The molecule has 0 saturated carbocycles. The topological polar surface area (TPSA) is 12.9 Å². The summed E-state index contributed by atoms with van der Waals surface area (Å²) in [6, 6.07) is 12.4. The van der Waals surface area contributed by atoms with Crippen molar-refractivity contribution in [2.75, 3.05) is 0 Å². The van der Waals surface area contributed by atoms with Crippen LogP contribution in [0.4, 0.5) is 0 Å². The van der Waals surface area contributed by atoms with Gasteiger partial charge in [-0.1, -0.05) is 91.2 Å². The third-order valence-electron chi connectivity index (χ3n) is 5.73. The van der Waals surface area contributed by atoms with Crippen LogP contribution in [0.15, 0.2) is 36.4 Å². The highest BCUT2D eigenvalue weighted by molar-refractivity contribution is 9.08. The molecule has 4 heteroatoms. The van der Waals surface area contributed by atoms with Crippen molar-refractivity contribution in [3.05, 3.63) is 64.5 Å². The van der Waals surface area contributed by atoms with Gasteiger partial charge in [0.2, 0.25) is 0 Å². The van der Waals surface area contributed by atoms with E-state index in [9.17, 15) is 0 Å². The van der Waals surface area contributed by atoms with Crippen LogP contribution in [0, 0.1) is 23.3 Å². The zero-order valence-electron chi connectivity index (χ0n) is 18.8. The fourth-order valence-electron chi connectivity index (χ4n) is 4.25. The van der Waals surface area contributed by atoms with E-state index in [1.165, 1.54) is 0 Å². The Labute approximate surface area is 200 Å². The molecule has 0 bridgehead atoms. The molecule has 1 heterocycles. The first kappa shape index (κ1) is 24.9. The molecular weight excluding hydrogens is 514 g/mol. The Bertz CT molecular complexity index is 926. The molecule has 30 heavy (non-hydrogen) atoms. The fraction of sp³-hybridized carbons (Fsp3) is 0.423. The minimum atomic E-state index is -1.70. The van der Waals surface area contributed by atoms with Crippen molar-refractivity contribution >= 4 is 39.9 Å². The monoisotopic (exact) mass is 543 g/mol. The fourth-order valence-corrected chi connectivity index (χ4v) is 10.1. The van der Waals surface area contributed by atoms with Gasteiger partial charge in [0.15, 0.2) is 0 Å². The van der Waals surface area contributed by atoms with Gasteiger partial charge >= 0.3 is 0 Å². The molecule has 1 nitrogen and oxygen atoms in total. The SMILES string of the molecule is CC(C)[Si](C#Cc1ccc(C#Cc2cc(CBr)nc(CBr)c2)cc1)(C(C)C)C(C)C. The van der Waals surface area contributed by atoms with Gasteiger partial charge in [0, 0.05) is 27.4 Å². The molecule has 2 rings (SSSR count). The Hall–Kier alpha value is -1.33. The summed E-state index contributed by atoms with van der Waals surface area (Å²) in [5, 5.41) is 1.45. The zero-order chi connectivity index (χ0) is 22.3. The second-order valence-electron chi connectivity index (χ2n) is 8.58. The number of rotatable bonds is 5. The van der Waals surface area contributed by atoms with Gasteiger partial charge in [0.25, 0.3) is 0 Å². The maximum atomic E-state index is 4.54. The average molecular weight is 545 g/mol. The molecule has 0 amide bonds. The lowest BCUT2D eigenvalue weighted by atomic mass is 10.1. The molecule has 1 aromatic heterocycles. The molecule has 0 atom stereocenters. The van der Waals surface area contributed by atoms with Crippen molar-refractivity contribution in [2.24, 2.45) is 0 Å². The van der Waals surface area contributed by atoms with E-state index in [-0.39, 0.29) is 0 Å². The molecule has 2 aromatic rings. The lowest BCUT2D eigenvalue weighted by Gasteiger charge is -2.38. The summed E-state index contributed by atoms with van der Waals surface area (Å²) < 4.78 is 0. The van der Waals surface area contributed by atoms with Crippen molar-refractivity contribution < 1.29 is 0 Å². The second-order valence-corrected chi connectivity index (χ2v) is 15.3. The van der Waals surface area contributed by atoms with Gasteiger partial charge in [-0.25, -0.2) is 0 Å². The quantitative estimate of drug-likeness (QED) is 0.212. The Morgan fingerprint density at radius 1 is 0.700 bits per heavy atom. The van der Waals surface area contributed by atoms with E-state index in [1.54, 1.807) is 0 Å². The number of nitrogens with zero attached hydrogens (tertiary/aromatic N) is 1. The molecular formula is C26H31Br2NSi. The van der Waals surface area contributed by atoms with Crippen LogP contribution in [0.5, 0.6) is 0 Å². The first-order chi connectivity index (χ1) is 14.2. The predicted molar refractivity (Wildman–Crippen MR) is 140 cm³/mol. The number of hydrogen-bond acceptors (Lipinski definition) is 1. The van der Waals surface area contributed by atoms with Crippen molar-refractivity contribution in [1.29, 1.82) is 0 Å². The summed E-state index contributed by atoms with van der Waals surface area (Å²) >= 11 is 6.96. The third-order valence-corrected chi connectivity index (χ3v) is 13.2. The maximum absolute atomic E-state index is 4.54. The normalized spacial score (nSPS) is 11.3. The van der Waals surface area contributed by atoms with Crippen LogP contribution in [0.3, 0.4) is 0 Å². The largest absolute Gasteiger partial charge is 0.256 e. The van der Waals surface area contributed by atoms with E-state index in [4.69, 9.17) is 0 Å². The first-order valence-electron chi connectivity index (χ1n) is 10.5. The Morgan fingerprint density at radius 2 is 1.10 bits per heavy atom. The van der Waals surface area contributed by atoms with E-state index in [2.05, 4.69) is 126 Å². The molecule has 0 aliphatic heterocycles. The van der Waals surface area contributed by atoms with Crippen LogP contribution in [-0.2, 0) is 10.7 Å². The summed E-state index contributed by atoms with van der Waals surface area (Å²) in [5.74, 6) is 10.0. The van der Waals surface area contributed by atoms with Crippen LogP contribution in [0.2, 0.25) is 16.6 Å². The number of benzene rings is 1. The first-order valence-corrected chi connectivity index (χ1v) is 15.0. The zero-order valence-corrected chi connectivity index (χ0v) is 23.0. The van der Waals surface area contributed by atoms with Crippen LogP contribution in [0.25, 0.3) is 0 Å². The maximum Gasteiger partial charge on any atom is 0.146 e. The highest BCUT2D eigenvalue weighted by Crippen LogP contribution is 2.40. The molecule has 0 fully saturated rings. The van der Waals surface area contributed by atoms with Gasteiger partial charge in [0.05, 0.1) is 11.4 Å². The summed E-state index contributed by atoms with van der Waals surface area (Å²) in [5.41, 5.74) is 10.8. The number of aromatic nitrogens is 1. The van der Waals surface area contributed by atoms with E-state index in [0.717, 1.165) is 38.7 Å². The molecule has 1 aromatic carbocycles. The van der Waals surface area contributed by atoms with Crippen molar-refractivity contribution in [1.82, 2.24) is 4.98 Å². The Morgan fingerprint density at radius 3 is 1.50 bits per heavy atom. The summed E-state index contributed by atoms with van der Waals surface area (Å²) in [7, 11) is -1.70. The van der Waals surface area contributed by atoms with Gasteiger partial charge in [-0.05, 0) is 53.0 Å².